The van der Waals surface area contributed by atoms with Gasteiger partial charge in [-0.25, -0.2) is 0 Å². The van der Waals surface area contributed by atoms with Gasteiger partial charge in [0.2, 0.25) is 5.91 Å². The summed E-state index contributed by atoms with van der Waals surface area (Å²) in [5, 5.41) is 12.5. The van der Waals surface area contributed by atoms with E-state index in [4.69, 9.17) is 16.3 Å². The second kappa shape index (κ2) is 9.79. The highest BCUT2D eigenvalue weighted by Gasteiger charge is 2.27. The molecule has 1 amide bonds. The van der Waals surface area contributed by atoms with Gasteiger partial charge in [0, 0.05) is 29.4 Å². The van der Waals surface area contributed by atoms with Crippen LogP contribution in [-0.4, -0.2) is 35.8 Å². The number of carbonyl (C=O) groups is 1. The Morgan fingerprint density at radius 1 is 1.10 bits per heavy atom. The van der Waals surface area contributed by atoms with E-state index in [0.29, 0.717) is 18.2 Å². The summed E-state index contributed by atoms with van der Waals surface area (Å²) in [7, 11) is 0. The minimum atomic E-state index is -0.0990. The number of ether oxygens (including phenoxy) is 1. The number of amides is 1. The smallest absolute Gasteiger partial charge is 0.229 e. The summed E-state index contributed by atoms with van der Waals surface area (Å²) in [4.78, 5) is 14.9. The molecule has 1 N–H and O–H groups in total. The molecule has 1 aliphatic heterocycles. The molecular formula is C24H25ClN4O2. The fourth-order valence-electron chi connectivity index (χ4n) is 3.71. The van der Waals surface area contributed by atoms with Gasteiger partial charge in [-0.05, 0) is 68.3 Å². The van der Waals surface area contributed by atoms with Crippen LogP contribution in [0.5, 0.6) is 5.75 Å². The number of nitrogens with one attached hydrogen (secondary N) is 1. The predicted octanol–water partition coefficient (Wildman–Crippen LogP) is 5.05. The number of nitrogens with zero attached hydrogens (tertiary/aromatic N) is 3. The Morgan fingerprint density at radius 3 is 2.55 bits per heavy atom. The molecule has 2 aromatic carbocycles. The summed E-state index contributed by atoms with van der Waals surface area (Å²) in [5.74, 6) is 1.51. The average Bonchev–Trinajstić information content (AvgIpc) is 2.81. The maximum Gasteiger partial charge on any atom is 0.229 e. The van der Waals surface area contributed by atoms with Crippen molar-refractivity contribution in [1.82, 2.24) is 10.2 Å². The van der Waals surface area contributed by atoms with Gasteiger partial charge in [0.05, 0.1) is 18.2 Å². The number of benzene rings is 2. The Morgan fingerprint density at radius 2 is 1.87 bits per heavy atom. The normalized spacial score (nSPS) is 16.1. The van der Waals surface area contributed by atoms with Gasteiger partial charge in [-0.1, -0.05) is 23.7 Å². The summed E-state index contributed by atoms with van der Waals surface area (Å²) >= 11 is 5.95. The Balaban J connectivity index is 1.38. The van der Waals surface area contributed by atoms with Gasteiger partial charge in [0.25, 0.3) is 0 Å². The van der Waals surface area contributed by atoms with Crippen LogP contribution in [0.4, 0.5) is 11.5 Å². The van der Waals surface area contributed by atoms with E-state index in [9.17, 15) is 4.79 Å². The van der Waals surface area contributed by atoms with Crippen LogP contribution in [0.1, 0.15) is 19.8 Å². The van der Waals surface area contributed by atoms with Gasteiger partial charge in [-0.15, -0.1) is 10.2 Å². The fourth-order valence-corrected chi connectivity index (χ4v) is 3.84. The summed E-state index contributed by atoms with van der Waals surface area (Å²) in [6.45, 7) is 4.05. The summed E-state index contributed by atoms with van der Waals surface area (Å²) < 4.78 is 5.45. The average molecular weight is 437 g/mol. The molecule has 0 bridgehead atoms. The predicted molar refractivity (Wildman–Crippen MR) is 124 cm³/mol. The Labute approximate surface area is 187 Å². The molecule has 1 aromatic heterocycles. The van der Waals surface area contributed by atoms with Crippen molar-refractivity contribution in [2.75, 3.05) is 29.9 Å². The van der Waals surface area contributed by atoms with Crippen molar-refractivity contribution < 1.29 is 9.53 Å². The van der Waals surface area contributed by atoms with E-state index >= 15 is 0 Å². The molecule has 160 valence electrons. The maximum atomic E-state index is 12.8. The second-order valence-corrected chi connectivity index (χ2v) is 7.95. The molecule has 1 atom stereocenters. The zero-order valence-electron chi connectivity index (χ0n) is 17.4. The monoisotopic (exact) mass is 436 g/mol. The lowest BCUT2D eigenvalue weighted by Gasteiger charge is -2.32. The summed E-state index contributed by atoms with van der Waals surface area (Å²) in [6.07, 6.45) is 1.79. The molecule has 2 heterocycles. The molecule has 1 unspecified atom stereocenters. The van der Waals surface area contributed by atoms with Gasteiger partial charge >= 0.3 is 0 Å². The highest BCUT2D eigenvalue weighted by molar-refractivity contribution is 6.30. The molecule has 0 aliphatic carbocycles. The van der Waals surface area contributed by atoms with Crippen molar-refractivity contribution in [2.24, 2.45) is 5.92 Å². The van der Waals surface area contributed by atoms with E-state index in [1.54, 1.807) is 0 Å². The SMILES string of the molecule is CCOc1ccc(NC(=O)C2CCCN(c3ccc(-c4ccc(Cl)cc4)nn3)C2)cc1. The molecule has 1 saturated heterocycles. The van der Waals surface area contributed by atoms with Gasteiger partial charge in [-0.2, -0.15) is 0 Å². The van der Waals surface area contributed by atoms with Crippen LogP contribution in [-0.2, 0) is 4.79 Å². The maximum absolute atomic E-state index is 12.8. The first-order valence-corrected chi connectivity index (χ1v) is 10.9. The Bertz CT molecular complexity index is 1010. The quantitative estimate of drug-likeness (QED) is 0.585. The van der Waals surface area contributed by atoms with Crippen molar-refractivity contribution >= 4 is 29.0 Å². The van der Waals surface area contributed by atoms with Crippen molar-refractivity contribution in [2.45, 2.75) is 19.8 Å². The molecule has 1 aliphatic rings. The molecule has 4 rings (SSSR count). The molecule has 1 fully saturated rings. The molecule has 0 saturated carbocycles. The van der Waals surface area contributed by atoms with Gasteiger partial charge in [0.1, 0.15) is 5.75 Å². The highest BCUT2D eigenvalue weighted by atomic mass is 35.5. The van der Waals surface area contributed by atoms with Crippen molar-refractivity contribution in [1.29, 1.82) is 0 Å². The third-order valence-corrected chi connectivity index (χ3v) is 5.59. The van der Waals surface area contributed by atoms with Crippen LogP contribution in [0, 0.1) is 5.92 Å². The van der Waals surface area contributed by atoms with Crippen molar-refractivity contribution in [3.63, 3.8) is 0 Å². The Hall–Kier alpha value is -3.12. The molecule has 6 nitrogen and oxygen atoms in total. The van der Waals surface area contributed by atoms with Gasteiger partial charge in [-0.3, -0.25) is 4.79 Å². The third-order valence-electron chi connectivity index (χ3n) is 5.34. The number of rotatable bonds is 6. The molecule has 31 heavy (non-hydrogen) atoms. The number of aromatic nitrogens is 2. The minimum Gasteiger partial charge on any atom is -0.494 e. The zero-order valence-corrected chi connectivity index (χ0v) is 18.2. The molecular weight excluding hydrogens is 412 g/mol. The van der Waals surface area contributed by atoms with Gasteiger partial charge in [0.15, 0.2) is 5.82 Å². The van der Waals surface area contributed by atoms with E-state index < -0.39 is 0 Å². The lowest BCUT2D eigenvalue weighted by Crippen LogP contribution is -2.41. The Kier molecular flexibility index (Phi) is 6.67. The van der Waals surface area contributed by atoms with E-state index in [0.717, 1.165) is 47.9 Å². The van der Waals surface area contributed by atoms with Crippen molar-refractivity contribution in [3.8, 4) is 17.0 Å². The minimum absolute atomic E-state index is 0.0274. The molecule has 7 heteroatoms. The van der Waals surface area contributed by atoms with Crippen LogP contribution in [0.15, 0.2) is 60.7 Å². The summed E-state index contributed by atoms with van der Waals surface area (Å²) in [5.41, 5.74) is 2.54. The number of carbonyl (C=O) groups excluding carboxylic acids is 1. The number of hydrogen-bond acceptors (Lipinski definition) is 5. The van der Waals surface area contributed by atoms with E-state index in [1.165, 1.54) is 0 Å². The van der Waals surface area contributed by atoms with Crippen LogP contribution < -0.4 is 15.0 Å². The third kappa shape index (κ3) is 5.33. The molecule has 0 radical (unpaired) electrons. The summed E-state index contributed by atoms with van der Waals surface area (Å²) in [6, 6.07) is 18.9. The number of halogens is 1. The number of piperidine rings is 1. The van der Waals surface area contributed by atoms with E-state index in [2.05, 4.69) is 20.4 Å². The standard InChI is InChI=1S/C24H25ClN4O2/c1-2-31-21-11-9-20(10-12-21)26-24(30)18-4-3-15-29(16-18)23-14-13-22(27-28-23)17-5-7-19(25)8-6-17/h5-14,18H,2-4,15-16H2,1H3,(H,26,30). The fraction of sp³-hybridized carbons (Fsp3) is 0.292. The molecule has 3 aromatic rings. The zero-order chi connectivity index (χ0) is 21.6. The first kappa shape index (κ1) is 21.1. The van der Waals surface area contributed by atoms with E-state index in [-0.39, 0.29) is 11.8 Å². The lowest BCUT2D eigenvalue weighted by molar-refractivity contribution is -0.120. The van der Waals surface area contributed by atoms with Crippen LogP contribution >= 0.6 is 11.6 Å². The van der Waals surface area contributed by atoms with Crippen LogP contribution in [0.2, 0.25) is 5.02 Å². The first-order valence-electron chi connectivity index (χ1n) is 10.5. The van der Waals surface area contributed by atoms with E-state index in [1.807, 2.05) is 67.6 Å². The number of anilines is 2. The lowest BCUT2D eigenvalue weighted by atomic mass is 9.97. The number of hydrogen-bond donors (Lipinski definition) is 1. The van der Waals surface area contributed by atoms with Gasteiger partial charge < -0.3 is 15.0 Å². The first-order chi connectivity index (χ1) is 15.1. The van der Waals surface area contributed by atoms with Crippen LogP contribution in [0.3, 0.4) is 0 Å². The molecule has 0 spiro atoms. The highest BCUT2D eigenvalue weighted by Crippen LogP contribution is 2.25. The topological polar surface area (TPSA) is 67.3 Å². The largest absolute Gasteiger partial charge is 0.494 e. The second-order valence-electron chi connectivity index (χ2n) is 7.52. The van der Waals surface area contributed by atoms with Crippen LogP contribution in [0.25, 0.3) is 11.3 Å². The van der Waals surface area contributed by atoms with Crippen molar-refractivity contribution in [3.05, 3.63) is 65.7 Å².